The smallest absolute Gasteiger partial charge is 0.232 e. The van der Waals surface area contributed by atoms with Crippen molar-refractivity contribution >= 4 is 23.4 Å². The molecule has 0 bridgehead atoms. The van der Waals surface area contributed by atoms with Gasteiger partial charge in [0.05, 0.1) is 6.54 Å². The number of aromatic nitrogens is 4. The van der Waals surface area contributed by atoms with Crippen molar-refractivity contribution in [2.45, 2.75) is 13.5 Å². The van der Waals surface area contributed by atoms with Gasteiger partial charge in [0.1, 0.15) is 11.6 Å². The monoisotopic (exact) mass is 376 g/mol. The third-order valence-corrected chi connectivity index (χ3v) is 4.72. The van der Waals surface area contributed by atoms with Gasteiger partial charge < -0.3 is 16.0 Å². The number of nitrogen functional groups attached to an aromatic ring is 1. The van der Waals surface area contributed by atoms with Crippen molar-refractivity contribution in [3.8, 4) is 0 Å². The van der Waals surface area contributed by atoms with E-state index < -0.39 is 0 Å². The zero-order chi connectivity index (χ0) is 19.3. The molecule has 144 valence electrons. The molecular weight excluding hydrogens is 352 g/mol. The molecule has 0 atom stereocenters. The lowest BCUT2D eigenvalue weighted by atomic mass is 10.2. The number of pyridine rings is 1. The molecule has 1 saturated heterocycles. The van der Waals surface area contributed by atoms with E-state index in [0.29, 0.717) is 18.3 Å². The predicted octanol–water partition coefficient (Wildman–Crippen LogP) is 2.22. The Morgan fingerprint density at radius 3 is 2.46 bits per heavy atom. The molecule has 0 saturated carbocycles. The highest BCUT2D eigenvalue weighted by Crippen LogP contribution is 2.16. The minimum atomic E-state index is 0.228. The van der Waals surface area contributed by atoms with Crippen molar-refractivity contribution in [3.05, 3.63) is 60.0 Å². The van der Waals surface area contributed by atoms with E-state index in [-0.39, 0.29) is 5.95 Å². The minimum Gasteiger partial charge on any atom is -0.368 e. The van der Waals surface area contributed by atoms with Gasteiger partial charge in [-0.25, -0.2) is 4.98 Å². The number of anilines is 4. The van der Waals surface area contributed by atoms with E-state index in [2.05, 4.69) is 42.0 Å². The second-order valence-corrected chi connectivity index (χ2v) is 6.88. The first-order chi connectivity index (χ1) is 13.7. The first-order valence-electron chi connectivity index (χ1n) is 9.38. The number of nitrogens with one attached hydrogen (secondary N) is 1. The molecule has 1 fully saturated rings. The summed E-state index contributed by atoms with van der Waals surface area (Å²) >= 11 is 0. The molecule has 0 amide bonds. The first kappa shape index (κ1) is 18.1. The molecule has 4 rings (SSSR count). The van der Waals surface area contributed by atoms with Crippen LogP contribution in [0, 0.1) is 6.92 Å². The third kappa shape index (κ3) is 4.52. The second kappa shape index (κ2) is 8.18. The molecule has 0 aliphatic carbocycles. The average molecular weight is 376 g/mol. The molecular formula is C20H24N8. The van der Waals surface area contributed by atoms with Gasteiger partial charge in [0.15, 0.2) is 0 Å². The van der Waals surface area contributed by atoms with E-state index in [1.54, 1.807) is 0 Å². The van der Waals surface area contributed by atoms with E-state index >= 15 is 0 Å². The lowest BCUT2D eigenvalue weighted by Crippen LogP contribution is -2.46. The van der Waals surface area contributed by atoms with Gasteiger partial charge in [-0.2, -0.15) is 15.0 Å². The van der Waals surface area contributed by atoms with Gasteiger partial charge in [-0.05, 0) is 31.2 Å². The van der Waals surface area contributed by atoms with Crippen LogP contribution in [0.3, 0.4) is 0 Å². The van der Waals surface area contributed by atoms with Crippen LogP contribution in [0.1, 0.15) is 11.4 Å². The molecule has 8 nitrogen and oxygen atoms in total. The standard InChI is InChI=1S/C20H24N8/c1-15-5-7-16(8-6-15)23-20-25-17(24-19(21)26-20)14-27-10-12-28(13-11-27)18-4-2-3-9-22-18/h2-9H,10-14H2,1H3,(H3,21,23,24,25,26). The van der Waals surface area contributed by atoms with E-state index in [4.69, 9.17) is 5.73 Å². The lowest BCUT2D eigenvalue weighted by molar-refractivity contribution is 0.243. The van der Waals surface area contributed by atoms with E-state index in [1.165, 1.54) is 5.56 Å². The molecule has 8 heteroatoms. The zero-order valence-corrected chi connectivity index (χ0v) is 15.9. The fourth-order valence-electron chi connectivity index (χ4n) is 3.21. The Hall–Kier alpha value is -3.26. The fourth-order valence-corrected chi connectivity index (χ4v) is 3.21. The highest BCUT2D eigenvalue weighted by atomic mass is 15.3. The summed E-state index contributed by atoms with van der Waals surface area (Å²) in [5.74, 6) is 2.40. The van der Waals surface area contributed by atoms with Crippen molar-refractivity contribution < 1.29 is 0 Å². The van der Waals surface area contributed by atoms with Crippen molar-refractivity contribution in [1.29, 1.82) is 0 Å². The maximum absolute atomic E-state index is 5.90. The van der Waals surface area contributed by atoms with Crippen LogP contribution in [-0.4, -0.2) is 51.0 Å². The molecule has 1 aliphatic heterocycles. The van der Waals surface area contributed by atoms with Crippen LogP contribution in [0.4, 0.5) is 23.4 Å². The predicted molar refractivity (Wildman–Crippen MR) is 110 cm³/mol. The molecule has 3 N–H and O–H groups in total. The number of nitrogens with zero attached hydrogens (tertiary/aromatic N) is 6. The van der Waals surface area contributed by atoms with Gasteiger partial charge in [0.2, 0.25) is 11.9 Å². The number of rotatable bonds is 5. The maximum Gasteiger partial charge on any atom is 0.232 e. The molecule has 2 aromatic heterocycles. The molecule has 0 spiro atoms. The van der Waals surface area contributed by atoms with Crippen LogP contribution >= 0.6 is 0 Å². The summed E-state index contributed by atoms with van der Waals surface area (Å²) < 4.78 is 0. The first-order valence-corrected chi connectivity index (χ1v) is 9.38. The summed E-state index contributed by atoms with van der Waals surface area (Å²) in [6.07, 6.45) is 1.83. The van der Waals surface area contributed by atoms with Crippen LogP contribution in [-0.2, 0) is 6.54 Å². The molecule has 3 heterocycles. The largest absolute Gasteiger partial charge is 0.368 e. The summed E-state index contributed by atoms with van der Waals surface area (Å²) in [4.78, 5) is 22.1. The van der Waals surface area contributed by atoms with Crippen molar-refractivity contribution in [1.82, 2.24) is 24.8 Å². The van der Waals surface area contributed by atoms with E-state index in [1.807, 2.05) is 48.7 Å². The SMILES string of the molecule is Cc1ccc(Nc2nc(N)nc(CN3CCN(c4ccccn4)CC3)n2)cc1. The topological polar surface area (TPSA) is 96.1 Å². The average Bonchev–Trinajstić information content (AvgIpc) is 2.71. The number of benzene rings is 1. The Bertz CT molecular complexity index is 905. The Balaban J connectivity index is 1.38. The van der Waals surface area contributed by atoms with Crippen molar-refractivity contribution in [3.63, 3.8) is 0 Å². The molecule has 3 aromatic rings. The third-order valence-electron chi connectivity index (χ3n) is 4.72. The van der Waals surface area contributed by atoms with Crippen LogP contribution in [0.15, 0.2) is 48.7 Å². The summed E-state index contributed by atoms with van der Waals surface area (Å²) in [7, 11) is 0. The number of hydrogen-bond acceptors (Lipinski definition) is 8. The highest BCUT2D eigenvalue weighted by molar-refractivity contribution is 5.54. The molecule has 1 aromatic carbocycles. The van der Waals surface area contributed by atoms with Crippen molar-refractivity contribution in [2.75, 3.05) is 42.1 Å². The zero-order valence-electron chi connectivity index (χ0n) is 15.9. The minimum absolute atomic E-state index is 0.228. The molecule has 1 aliphatic rings. The Labute approximate surface area is 164 Å². The van der Waals surface area contributed by atoms with Crippen LogP contribution in [0.2, 0.25) is 0 Å². The normalized spacial score (nSPS) is 14.8. The van der Waals surface area contributed by atoms with Gasteiger partial charge in [-0.15, -0.1) is 0 Å². The fraction of sp³-hybridized carbons (Fsp3) is 0.300. The Kier molecular flexibility index (Phi) is 5.29. The van der Waals surface area contributed by atoms with Gasteiger partial charge in [0.25, 0.3) is 0 Å². The number of nitrogens with two attached hydrogens (primary N) is 1. The van der Waals surface area contributed by atoms with Gasteiger partial charge >= 0.3 is 0 Å². The van der Waals surface area contributed by atoms with E-state index in [0.717, 1.165) is 37.7 Å². The maximum atomic E-state index is 5.90. The van der Waals surface area contributed by atoms with E-state index in [9.17, 15) is 0 Å². The molecule has 28 heavy (non-hydrogen) atoms. The molecule has 0 radical (unpaired) electrons. The summed E-state index contributed by atoms with van der Waals surface area (Å²) in [5, 5.41) is 3.20. The summed E-state index contributed by atoms with van der Waals surface area (Å²) in [6, 6.07) is 14.1. The summed E-state index contributed by atoms with van der Waals surface area (Å²) in [5.41, 5.74) is 8.03. The van der Waals surface area contributed by atoms with Crippen LogP contribution in [0.25, 0.3) is 0 Å². The van der Waals surface area contributed by atoms with Gasteiger partial charge in [-0.1, -0.05) is 23.8 Å². The summed E-state index contributed by atoms with van der Waals surface area (Å²) in [6.45, 7) is 6.38. The van der Waals surface area contributed by atoms with Crippen LogP contribution in [0.5, 0.6) is 0 Å². The Morgan fingerprint density at radius 1 is 0.964 bits per heavy atom. The Morgan fingerprint density at radius 2 is 1.75 bits per heavy atom. The number of piperazine rings is 1. The number of aryl methyl sites for hydroxylation is 1. The highest BCUT2D eigenvalue weighted by Gasteiger charge is 2.19. The lowest BCUT2D eigenvalue weighted by Gasteiger charge is -2.34. The number of hydrogen-bond donors (Lipinski definition) is 2. The van der Waals surface area contributed by atoms with Crippen LogP contribution < -0.4 is 16.0 Å². The molecule has 0 unspecified atom stereocenters. The quantitative estimate of drug-likeness (QED) is 0.700. The second-order valence-electron chi connectivity index (χ2n) is 6.88. The van der Waals surface area contributed by atoms with Gasteiger partial charge in [0, 0.05) is 38.1 Å². The van der Waals surface area contributed by atoms with Gasteiger partial charge in [-0.3, -0.25) is 4.90 Å². The van der Waals surface area contributed by atoms with Crippen molar-refractivity contribution in [2.24, 2.45) is 0 Å².